The number of urea groups is 1. The number of benzene rings is 1. The molecule has 1 aromatic carbocycles. The molecule has 0 aromatic heterocycles. The molecule has 2 unspecified atom stereocenters. The molecule has 0 bridgehead atoms. The Kier molecular flexibility index (Phi) is 4.84. The number of hydrogen-bond acceptors (Lipinski definition) is 2. The van der Waals surface area contributed by atoms with E-state index in [1.165, 1.54) is 19.3 Å². The van der Waals surface area contributed by atoms with Gasteiger partial charge in [-0.2, -0.15) is 0 Å². The Morgan fingerprint density at radius 1 is 1.26 bits per heavy atom. The quantitative estimate of drug-likeness (QED) is 0.751. The molecule has 1 heterocycles. The van der Waals surface area contributed by atoms with Gasteiger partial charge in [0.05, 0.1) is 6.42 Å². The van der Waals surface area contributed by atoms with Gasteiger partial charge in [0.1, 0.15) is 0 Å². The highest BCUT2D eigenvalue weighted by atomic mass is 16.2. The second-order valence-corrected chi connectivity index (χ2v) is 6.85. The van der Waals surface area contributed by atoms with Crippen LogP contribution < -0.4 is 16.0 Å². The molecule has 124 valence electrons. The van der Waals surface area contributed by atoms with Crippen molar-refractivity contribution < 1.29 is 9.59 Å². The van der Waals surface area contributed by atoms with Crippen LogP contribution in [0, 0.1) is 5.92 Å². The molecule has 1 fully saturated rings. The molecule has 0 spiro atoms. The summed E-state index contributed by atoms with van der Waals surface area (Å²) in [6, 6.07) is 6.03. The van der Waals surface area contributed by atoms with Crippen molar-refractivity contribution in [2.75, 3.05) is 5.32 Å². The first-order chi connectivity index (χ1) is 11.1. The molecule has 5 heteroatoms. The summed E-state index contributed by atoms with van der Waals surface area (Å²) in [6.45, 7) is 2.77. The Morgan fingerprint density at radius 2 is 2.13 bits per heavy atom. The summed E-state index contributed by atoms with van der Waals surface area (Å²) in [6.07, 6.45) is 6.22. The van der Waals surface area contributed by atoms with Crippen molar-refractivity contribution in [3.05, 3.63) is 29.3 Å². The smallest absolute Gasteiger partial charge is 0.315 e. The molecule has 2 aliphatic rings. The molecule has 1 aromatic rings. The zero-order valence-corrected chi connectivity index (χ0v) is 13.7. The van der Waals surface area contributed by atoms with Gasteiger partial charge in [-0.3, -0.25) is 4.79 Å². The van der Waals surface area contributed by atoms with Crippen LogP contribution >= 0.6 is 0 Å². The number of hydrogen-bond donors (Lipinski definition) is 3. The van der Waals surface area contributed by atoms with Crippen LogP contribution in [0.2, 0.25) is 0 Å². The molecule has 5 nitrogen and oxygen atoms in total. The van der Waals surface area contributed by atoms with Crippen molar-refractivity contribution >= 4 is 17.6 Å². The Morgan fingerprint density at radius 3 is 3.00 bits per heavy atom. The lowest BCUT2D eigenvalue weighted by atomic mass is 10.0. The molecule has 3 rings (SSSR count). The largest absolute Gasteiger partial charge is 0.335 e. The highest BCUT2D eigenvalue weighted by molar-refractivity contribution is 5.99. The standard InChI is InChI=1S/C18H25N3O2/c1-12-3-2-4-15(7-5-12)20-18(23)19-11-13-6-8-16-14(9-13)10-17(22)21-16/h6,8-9,12,15H,2-5,7,10-11H2,1H3,(H,21,22)(H2,19,20,23). The predicted octanol–water partition coefficient (Wildman–Crippen LogP) is 2.95. The zero-order chi connectivity index (χ0) is 16.2. The van der Waals surface area contributed by atoms with Crippen molar-refractivity contribution in [1.29, 1.82) is 0 Å². The van der Waals surface area contributed by atoms with Crippen molar-refractivity contribution in [2.45, 2.75) is 58.0 Å². The first kappa shape index (κ1) is 15.8. The minimum absolute atomic E-state index is 0.0328. The van der Waals surface area contributed by atoms with Crippen LogP contribution in [-0.4, -0.2) is 18.0 Å². The van der Waals surface area contributed by atoms with E-state index in [9.17, 15) is 9.59 Å². The average molecular weight is 315 g/mol. The van der Waals surface area contributed by atoms with E-state index < -0.39 is 0 Å². The number of carbonyl (C=O) groups excluding carboxylic acids is 2. The van der Waals surface area contributed by atoms with Gasteiger partial charge in [-0.15, -0.1) is 0 Å². The maximum Gasteiger partial charge on any atom is 0.315 e. The van der Waals surface area contributed by atoms with Crippen LogP contribution in [-0.2, 0) is 17.8 Å². The van der Waals surface area contributed by atoms with Gasteiger partial charge in [0.15, 0.2) is 0 Å². The molecule has 1 saturated carbocycles. The van der Waals surface area contributed by atoms with Gasteiger partial charge in [-0.25, -0.2) is 4.79 Å². The SMILES string of the molecule is CC1CCCC(NC(=O)NCc2ccc3c(c2)CC(=O)N3)CC1. The monoisotopic (exact) mass is 315 g/mol. The third-order valence-corrected chi connectivity index (χ3v) is 4.84. The number of carbonyl (C=O) groups is 2. The maximum absolute atomic E-state index is 12.1. The van der Waals surface area contributed by atoms with Crippen molar-refractivity contribution in [1.82, 2.24) is 10.6 Å². The van der Waals surface area contributed by atoms with E-state index in [0.717, 1.165) is 35.6 Å². The van der Waals surface area contributed by atoms with Crippen LogP contribution in [0.1, 0.15) is 50.2 Å². The van der Waals surface area contributed by atoms with Crippen LogP contribution in [0.25, 0.3) is 0 Å². The molecule has 1 aliphatic heterocycles. The van der Waals surface area contributed by atoms with E-state index in [0.29, 0.717) is 19.0 Å². The van der Waals surface area contributed by atoms with Gasteiger partial charge in [0, 0.05) is 18.3 Å². The van der Waals surface area contributed by atoms with E-state index in [2.05, 4.69) is 22.9 Å². The van der Waals surface area contributed by atoms with Gasteiger partial charge >= 0.3 is 6.03 Å². The number of nitrogens with one attached hydrogen (secondary N) is 3. The first-order valence-electron chi connectivity index (χ1n) is 8.56. The van der Waals surface area contributed by atoms with E-state index >= 15 is 0 Å². The summed E-state index contributed by atoms with van der Waals surface area (Å²) >= 11 is 0. The average Bonchev–Trinajstić information content (AvgIpc) is 2.77. The van der Waals surface area contributed by atoms with Crippen molar-refractivity contribution in [2.24, 2.45) is 5.92 Å². The molecule has 0 radical (unpaired) electrons. The molecule has 3 N–H and O–H groups in total. The molecule has 0 saturated heterocycles. The third kappa shape index (κ3) is 4.24. The van der Waals surface area contributed by atoms with Gasteiger partial charge in [0.2, 0.25) is 5.91 Å². The van der Waals surface area contributed by atoms with Gasteiger partial charge < -0.3 is 16.0 Å². The maximum atomic E-state index is 12.1. The minimum Gasteiger partial charge on any atom is -0.335 e. The summed E-state index contributed by atoms with van der Waals surface area (Å²) in [5.41, 5.74) is 2.91. The number of amides is 3. The van der Waals surface area contributed by atoms with E-state index in [1.54, 1.807) is 0 Å². The lowest BCUT2D eigenvalue weighted by Crippen LogP contribution is -2.41. The Hall–Kier alpha value is -2.04. The predicted molar refractivity (Wildman–Crippen MR) is 90.2 cm³/mol. The van der Waals surface area contributed by atoms with E-state index in [1.807, 2.05) is 18.2 Å². The summed E-state index contributed by atoms with van der Waals surface area (Å²) in [4.78, 5) is 23.4. The molecule has 23 heavy (non-hydrogen) atoms. The lowest BCUT2D eigenvalue weighted by Gasteiger charge is -2.17. The molecule has 3 amide bonds. The topological polar surface area (TPSA) is 70.2 Å². The summed E-state index contributed by atoms with van der Waals surface area (Å²) in [7, 11) is 0. The highest BCUT2D eigenvalue weighted by Crippen LogP contribution is 2.24. The fourth-order valence-corrected chi connectivity index (χ4v) is 3.44. The Labute approximate surface area is 137 Å². The molecular weight excluding hydrogens is 290 g/mol. The summed E-state index contributed by atoms with van der Waals surface area (Å²) < 4.78 is 0. The molecule has 1 aliphatic carbocycles. The van der Waals surface area contributed by atoms with Crippen LogP contribution in [0.5, 0.6) is 0 Å². The molecular formula is C18H25N3O2. The second kappa shape index (κ2) is 7.02. The lowest BCUT2D eigenvalue weighted by molar-refractivity contribution is -0.115. The molecule has 2 atom stereocenters. The fourth-order valence-electron chi connectivity index (χ4n) is 3.44. The third-order valence-electron chi connectivity index (χ3n) is 4.84. The summed E-state index contributed by atoms with van der Waals surface area (Å²) in [5, 5.41) is 8.83. The number of anilines is 1. The minimum atomic E-state index is -0.0979. The number of rotatable bonds is 3. The number of fused-ring (bicyclic) bond motifs is 1. The van der Waals surface area contributed by atoms with E-state index in [-0.39, 0.29) is 11.9 Å². The first-order valence-corrected chi connectivity index (χ1v) is 8.56. The van der Waals surface area contributed by atoms with Crippen molar-refractivity contribution in [3.8, 4) is 0 Å². The Balaban J connectivity index is 1.47. The van der Waals surface area contributed by atoms with Crippen LogP contribution in [0.15, 0.2) is 18.2 Å². The van der Waals surface area contributed by atoms with Crippen molar-refractivity contribution in [3.63, 3.8) is 0 Å². The van der Waals surface area contributed by atoms with Crippen LogP contribution in [0.3, 0.4) is 0 Å². The van der Waals surface area contributed by atoms with E-state index in [4.69, 9.17) is 0 Å². The normalized spacial score (nSPS) is 23.6. The van der Waals surface area contributed by atoms with Gasteiger partial charge in [0.25, 0.3) is 0 Å². The summed E-state index contributed by atoms with van der Waals surface area (Å²) in [5.74, 6) is 0.804. The Bertz CT molecular complexity index is 600. The van der Waals surface area contributed by atoms with Crippen LogP contribution in [0.4, 0.5) is 10.5 Å². The highest BCUT2D eigenvalue weighted by Gasteiger charge is 2.19. The fraction of sp³-hybridized carbons (Fsp3) is 0.556. The van der Waals surface area contributed by atoms with Gasteiger partial charge in [-0.1, -0.05) is 31.9 Å². The van der Waals surface area contributed by atoms with Gasteiger partial charge in [-0.05, 0) is 42.4 Å². The zero-order valence-electron chi connectivity index (χ0n) is 13.7. The second-order valence-electron chi connectivity index (χ2n) is 6.85.